The minimum Gasteiger partial charge on any atom is -0.368 e. The van der Waals surface area contributed by atoms with E-state index in [-0.39, 0.29) is 5.95 Å². The second kappa shape index (κ2) is 5.42. The standard InChI is InChI=1S/C13H13Cl2N5/c14-8-3-4-9(10(15)7-8)11-17-12(16)19-13(18-11)20-5-1-2-6-20/h3-4,7H,1-2,5-6H2,(H2,16,17,18,19). The third kappa shape index (κ3) is 2.64. The fourth-order valence-electron chi connectivity index (χ4n) is 2.23. The number of anilines is 2. The van der Waals surface area contributed by atoms with E-state index < -0.39 is 0 Å². The fraction of sp³-hybridized carbons (Fsp3) is 0.308. The Labute approximate surface area is 126 Å². The molecule has 0 amide bonds. The molecule has 0 spiro atoms. The molecule has 2 aromatic rings. The van der Waals surface area contributed by atoms with Crippen molar-refractivity contribution in [1.29, 1.82) is 0 Å². The summed E-state index contributed by atoms with van der Waals surface area (Å²) in [5.74, 6) is 1.28. The summed E-state index contributed by atoms with van der Waals surface area (Å²) in [6.07, 6.45) is 2.28. The first-order chi connectivity index (χ1) is 9.63. The minimum atomic E-state index is 0.197. The van der Waals surface area contributed by atoms with E-state index in [9.17, 15) is 0 Å². The fourth-order valence-corrected chi connectivity index (χ4v) is 2.72. The van der Waals surface area contributed by atoms with Crippen LogP contribution < -0.4 is 10.6 Å². The van der Waals surface area contributed by atoms with E-state index >= 15 is 0 Å². The third-order valence-corrected chi connectivity index (χ3v) is 3.75. The second-order valence-electron chi connectivity index (χ2n) is 4.64. The monoisotopic (exact) mass is 309 g/mol. The highest BCUT2D eigenvalue weighted by Crippen LogP contribution is 2.29. The normalized spacial score (nSPS) is 14.8. The zero-order valence-corrected chi connectivity index (χ0v) is 12.2. The molecule has 104 valence electrons. The van der Waals surface area contributed by atoms with Gasteiger partial charge in [0.05, 0.1) is 5.02 Å². The highest BCUT2D eigenvalue weighted by molar-refractivity contribution is 6.36. The molecule has 0 bridgehead atoms. The summed E-state index contributed by atoms with van der Waals surface area (Å²) in [5, 5.41) is 1.07. The molecule has 1 aromatic heterocycles. The molecule has 1 fully saturated rings. The molecule has 3 rings (SSSR count). The van der Waals surface area contributed by atoms with Crippen molar-refractivity contribution in [2.24, 2.45) is 0 Å². The number of nitrogens with two attached hydrogens (primary N) is 1. The number of halogens is 2. The molecule has 1 aliphatic rings. The molecule has 0 saturated carbocycles. The first-order valence-electron chi connectivity index (χ1n) is 6.35. The third-order valence-electron chi connectivity index (χ3n) is 3.20. The highest BCUT2D eigenvalue weighted by atomic mass is 35.5. The Kier molecular flexibility index (Phi) is 3.63. The molecule has 0 atom stereocenters. The lowest BCUT2D eigenvalue weighted by Crippen LogP contribution is -2.21. The SMILES string of the molecule is Nc1nc(-c2ccc(Cl)cc2Cl)nc(N2CCCC2)n1. The largest absolute Gasteiger partial charge is 0.368 e. The highest BCUT2D eigenvalue weighted by Gasteiger charge is 2.18. The Morgan fingerprint density at radius 2 is 1.80 bits per heavy atom. The van der Waals surface area contributed by atoms with Crippen LogP contribution in [0, 0.1) is 0 Å². The van der Waals surface area contributed by atoms with Crippen LogP contribution in [-0.4, -0.2) is 28.0 Å². The lowest BCUT2D eigenvalue weighted by Gasteiger charge is -2.16. The Morgan fingerprint density at radius 1 is 1.05 bits per heavy atom. The van der Waals surface area contributed by atoms with Crippen molar-refractivity contribution in [3.05, 3.63) is 28.2 Å². The number of hydrogen-bond acceptors (Lipinski definition) is 5. The lowest BCUT2D eigenvalue weighted by atomic mass is 10.2. The molecule has 20 heavy (non-hydrogen) atoms. The van der Waals surface area contributed by atoms with E-state index in [2.05, 4.69) is 19.9 Å². The Bertz CT molecular complexity index is 641. The molecular formula is C13H13Cl2N5. The summed E-state index contributed by atoms with van der Waals surface area (Å²) in [6, 6.07) is 5.19. The van der Waals surface area contributed by atoms with Crippen molar-refractivity contribution < 1.29 is 0 Å². The van der Waals surface area contributed by atoms with Crippen molar-refractivity contribution in [3.63, 3.8) is 0 Å². The summed E-state index contributed by atoms with van der Waals surface area (Å²) in [5.41, 5.74) is 6.49. The van der Waals surface area contributed by atoms with E-state index in [1.54, 1.807) is 18.2 Å². The van der Waals surface area contributed by atoms with E-state index in [1.807, 2.05) is 0 Å². The number of aromatic nitrogens is 3. The number of rotatable bonds is 2. The number of hydrogen-bond donors (Lipinski definition) is 1. The molecule has 0 radical (unpaired) electrons. The molecule has 2 N–H and O–H groups in total. The van der Waals surface area contributed by atoms with Crippen molar-refractivity contribution in [2.45, 2.75) is 12.8 Å². The maximum atomic E-state index is 6.19. The van der Waals surface area contributed by atoms with Crippen LogP contribution >= 0.6 is 23.2 Å². The molecule has 0 aliphatic carbocycles. The zero-order valence-electron chi connectivity index (χ0n) is 10.7. The van der Waals surface area contributed by atoms with Gasteiger partial charge in [0.25, 0.3) is 0 Å². The topological polar surface area (TPSA) is 67.9 Å². The number of benzene rings is 1. The van der Waals surface area contributed by atoms with Crippen molar-refractivity contribution in [2.75, 3.05) is 23.7 Å². The summed E-state index contributed by atoms with van der Waals surface area (Å²) in [7, 11) is 0. The van der Waals surface area contributed by atoms with E-state index in [0.29, 0.717) is 27.4 Å². The first-order valence-corrected chi connectivity index (χ1v) is 7.11. The average molecular weight is 310 g/mol. The maximum absolute atomic E-state index is 6.19. The van der Waals surface area contributed by atoms with Gasteiger partial charge in [-0.15, -0.1) is 0 Å². The van der Waals surface area contributed by atoms with Gasteiger partial charge in [-0.05, 0) is 31.0 Å². The molecular weight excluding hydrogens is 297 g/mol. The molecule has 1 saturated heterocycles. The lowest BCUT2D eigenvalue weighted by molar-refractivity contribution is 0.887. The number of nitrogen functional groups attached to an aromatic ring is 1. The predicted molar refractivity (Wildman–Crippen MR) is 81.1 cm³/mol. The summed E-state index contributed by atoms with van der Waals surface area (Å²) < 4.78 is 0. The van der Waals surface area contributed by atoms with Crippen LogP contribution in [-0.2, 0) is 0 Å². The maximum Gasteiger partial charge on any atom is 0.230 e. The van der Waals surface area contributed by atoms with Crippen LogP contribution in [0.2, 0.25) is 10.0 Å². The van der Waals surface area contributed by atoms with Gasteiger partial charge < -0.3 is 10.6 Å². The van der Waals surface area contributed by atoms with Crippen LogP contribution in [0.5, 0.6) is 0 Å². The van der Waals surface area contributed by atoms with Crippen LogP contribution in [0.25, 0.3) is 11.4 Å². The van der Waals surface area contributed by atoms with Crippen molar-refractivity contribution >= 4 is 35.1 Å². The van der Waals surface area contributed by atoms with Gasteiger partial charge in [0.15, 0.2) is 5.82 Å². The molecule has 5 nitrogen and oxygen atoms in total. The van der Waals surface area contributed by atoms with E-state index in [1.165, 1.54) is 0 Å². The van der Waals surface area contributed by atoms with Gasteiger partial charge in [-0.1, -0.05) is 23.2 Å². The minimum absolute atomic E-state index is 0.197. The Balaban J connectivity index is 2.04. The molecule has 1 aliphatic heterocycles. The smallest absolute Gasteiger partial charge is 0.230 e. The average Bonchev–Trinajstić information content (AvgIpc) is 2.91. The Morgan fingerprint density at radius 3 is 2.50 bits per heavy atom. The van der Waals surface area contributed by atoms with Gasteiger partial charge in [-0.25, -0.2) is 0 Å². The zero-order chi connectivity index (χ0) is 14.1. The van der Waals surface area contributed by atoms with Gasteiger partial charge in [0.1, 0.15) is 0 Å². The van der Waals surface area contributed by atoms with Gasteiger partial charge >= 0.3 is 0 Å². The quantitative estimate of drug-likeness (QED) is 0.923. The van der Waals surface area contributed by atoms with Crippen molar-refractivity contribution in [1.82, 2.24) is 15.0 Å². The first kappa shape index (κ1) is 13.4. The second-order valence-corrected chi connectivity index (χ2v) is 5.48. The van der Waals surface area contributed by atoms with Gasteiger partial charge in [-0.3, -0.25) is 0 Å². The molecule has 2 heterocycles. The van der Waals surface area contributed by atoms with E-state index in [4.69, 9.17) is 28.9 Å². The van der Waals surface area contributed by atoms with Crippen LogP contribution in [0.4, 0.5) is 11.9 Å². The molecule has 1 aromatic carbocycles. The van der Waals surface area contributed by atoms with Gasteiger partial charge in [0, 0.05) is 23.7 Å². The summed E-state index contributed by atoms with van der Waals surface area (Å²) in [4.78, 5) is 14.9. The Hall–Kier alpha value is -1.59. The molecule has 0 unspecified atom stereocenters. The van der Waals surface area contributed by atoms with Crippen LogP contribution in [0.3, 0.4) is 0 Å². The molecule has 7 heteroatoms. The summed E-state index contributed by atoms with van der Waals surface area (Å²) in [6.45, 7) is 1.88. The van der Waals surface area contributed by atoms with E-state index in [0.717, 1.165) is 25.9 Å². The van der Waals surface area contributed by atoms with Crippen LogP contribution in [0.15, 0.2) is 18.2 Å². The predicted octanol–water partition coefficient (Wildman–Crippen LogP) is 3.03. The van der Waals surface area contributed by atoms with Crippen LogP contribution in [0.1, 0.15) is 12.8 Å². The number of nitrogens with zero attached hydrogens (tertiary/aromatic N) is 4. The summed E-state index contributed by atoms with van der Waals surface area (Å²) >= 11 is 12.1. The van der Waals surface area contributed by atoms with Gasteiger partial charge in [-0.2, -0.15) is 15.0 Å². The van der Waals surface area contributed by atoms with Crippen molar-refractivity contribution in [3.8, 4) is 11.4 Å². The van der Waals surface area contributed by atoms with Gasteiger partial charge in [0.2, 0.25) is 11.9 Å².